The number of imidazole rings is 1. The van der Waals surface area contributed by atoms with Crippen molar-refractivity contribution in [3.05, 3.63) is 43.0 Å². The van der Waals surface area contributed by atoms with Gasteiger partial charge in [0.2, 0.25) is 0 Å². The molecule has 1 aliphatic heterocycles. The number of nitrogens with two attached hydrogens (primary N) is 1. The average Bonchev–Trinajstić information content (AvgIpc) is 3.47. The van der Waals surface area contributed by atoms with Crippen molar-refractivity contribution in [2.24, 2.45) is 5.92 Å². The molecule has 1 aliphatic rings. The molecule has 0 aliphatic carbocycles. The topological polar surface area (TPSA) is 136 Å². The first-order valence-corrected chi connectivity index (χ1v) is 14.3. The zero-order chi connectivity index (χ0) is 26.6. The molecule has 0 saturated carbocycles. The molecule has 2 aromatic heterocycles. The maximum absolute atomic E-state index is 12.4. The highest BCUT2D eigenvalue weighted by atomic mass is 32.5. The minimum Gasteiger partial charge on any atom is -0.462 e. The third-order valence-electron chi connectivity index (χ3n) is 5.52. The quantitative estimate of drug-likeness (QED) is 0.221. The Labute approximate surface area is 220 Å². The predicted octanol–water partition coefficient (Wildman–Crippen LogP) is 3.20. The minimum atomic E-state index is -3.21. The van der Waals surface area contributed by atoms with Crippen molar-refractivity contribution in [3.63, 3.8) is 0 Å². The maximum atomic E-state index is 12.4. The van der Waals surface area contributed by atoms with Gasteiger partial charge < -0.3 is 24.3 Å². The Balaban J connectivity index is 1.49. The van der Waals surface area contributed by atoms with Crippen LogP contribution in [0, 0.1) is 18.3 Å². The number of fused-ring (bicyclic) bond motifs is 1. The monoisotopic (exact) mass is 544 g/mol. The van der Waals surface area contributed by atoms with Gasteiger partial charge in [-0.15, -0.1) is 6.42 Å². The number of hydrogen-bond donors (Lipinski definition) is 2. The van der Waals surface area contributed by atoms with Gasteiger partial charge in [0, 0.05) is 0 Å². The van der Waals surface area contributed by atoms with Crippen LogP contribution in [-0.4, -0.2) is 50.3 Å². The van der Waals surface area contributed by atoms with Crippen molar-refractivity contribution in [2.75, 3.05) is 12.3 Å². The molecule has 3 heterocycles. The number of rotatable bonds is 10. The van der Waals surface area contributed by atoms with Gasteiger partial charge in [-0.3, -0.25) is 9.36 Å². The molecule has 37 heavy (non-hydrogen) atoms. The van der Waals surface area contributed by atoms with Crippen molar-refractivity contribution in [1.82, 2.24) is 24.6 Å². The molecular formula is C24H29N6O5PS. The zero-order valence-corrected chi connectivity index (χ0v) is 22.4. The first-order chi connectivity index (χ1) is 17.7. The fourth-order valence-electron chi connectivity index (χ4n) is 3.84. The van der Waals surface area contributed by atoms with Crippen molar-refractivity contribution >= 4 is 41.4 Å². The summed E-state index contributed by atoms with van der Waals surface area (Å²) in [6.07, 6.45) is 8.09. The number of aromatic nitrogens is 4. The van der Waals surface area contributed by atoms with Gasteiger partial charge in [0.05, 0.1) is 31.1 Å². The number of carbonyl (C=O) groups is 1. The van der Waals surface area contributed by atoms with Crippen molar-refractivity contribution in [3.8, 4) is 18.1 Å². The number of nitrogens with zero attached hydrogens (tertiary/aromatic N) is 4. The second-order valence-corrected chi connectivity index (χ2v) is 11.9. The van der Waals surface area contributed by atoms with E-state index in [9.17, 15) is 4.79 Å². The number of hydrogen-bond acceptors (Lipinski definition) is 10. The molecule has 196 valence electrons. The summed E-state index contributed by atoms with van der Waals surface area (Å²) in [5.74, 6) is 2.84. The maximum Gasteiger partial charge on any atom is 0.323 e. The Morgan fingerprint density at radius 3 is 2.78 bits per heavy atom. The third kappa shape index (κ3) is 6.44. The first kappa shape index (κ1) is 27.0. The Morgan fingerprint density at radius 2 is 2.08 bits per heavy atom. The molecule has 1 fully saturated rings. The van der Waals surface area contributed by atoms with Gasteiger partial charge >= 0.3 is 12.6 Å². The summed E-state index contributed by atoms with van der Waals surface area (Å²) >= 11 is 5.78. The van der Waals surface area contributed by atoms with E-state index < -0.39 is 31.0 Å². The predicted molar refractivity (Wildman–Crippen MR) is 142 cm³/mol. The van der Waals surface area contributed by atoms with Crippen LogP contribution in [0.5, 0.6) is 5.75 Å². The largest absolute Gasteiger partial charge is 0.462 e. The van der Waals surface area contributed by atoms with E-state index in [4.69, 9.17) is 42.5 Å². The zero-order valence-electron chi connectivity index (χ0n) is 20.7. The van der Waals surface area contributed by atoms with E-state index >= 15 is 0 Å². The standard InChI is InChI=1S/C24H29N6O5PS/c1-5-17-11-19(34-23(17)30-14-28-20-21(25)26-13-27-22(20)30)12-32-36(37,35-18-9-7-6-8-10-18)29-16(4)24(31)33-15(2)3/h1,6-10,13-17,19,23H,11-12H2,2-4H3,(H,29,37)(H2,25,26,27)/t16-,17-,19?,23+,36?/m0/s1. The normalized spacial score (nSPS) is 21.9. The molecule has 0 amide bonds. The van der Waals surface area contributed by atoms with Gasteiger partial charge in [-0.25, -0.2) is 20.0 Å². The van der Waals surface area contributed by atoms with Crippen LogP contribution in [0.4, 0.5) is 5.82 Å². The summed E-state index contributed by atoms with van der Waals surface area (Å²) in [5, 5.41) is 3.03. The molecule has 1 aromatic carbocycles. The van der Waals surface area contributed by atoms with Crippen molar-refractivity contribution in [2.45, 2.75) is 51.7 Å². The summed E-state index contributed by atoms with van der Waals surface area (Å²) in [5.41, 5.74) is 6.92. The fraction of sp³-hybridized carbons (Fsp3) is 0.417. The van der Waals surface area contributed by atoms with Crippen LogP contribution in [0.25, 0.3) is 11.2 Å². The second-order valence-electron chi connectivity index (χ2n) is 8.77. The van der Waals surface area contributed by atoms with Crippen LogP contribution < -0.4 is 15.3 Å². The lowest BCUT2D eigenvalue weighted by molar-refractivity contribution is -0.149. The van der Waals surface area contributed by atoms with Crippen LogP contribution in [0.1, 0.15) is 33.4 Å². The van der Waals surface area contributed by atoms with E-state index in [0.29, 0.717) is 23.3 Å². The Kier molecular flexibility index (Phi) is 8.42. The van der Waals surface area contributed by atoms with Crippen molar-refractivity contribution < 1.29 is 23.3 Å². The Morgan fingerprint density at radius 1 is 1.32 bits per heavy atom. The van der Waals surface area contributed by atoms with E-state index in [0.717, 1.165) is 0 Å². The van der Waals surface area contributed by atoms with Gasteiger partial charge in [0.15, 0.2) is 17.7 Å². The summed E-state index contributed by atoms with van der Waals surface area (Å²) < 4.78 is 25.5. The lowest BCUT2D eigenvalue weighted by Crippen LogP contribution is -2.36. The van der Waals surface area contributed by atoms with Gasteiger partial charge in [0.25, 0.3) is 0 Å². The minimum absolute atomic E-state index is 0.0848. The number of nitrogen functional groups attached to an aromatic ring is 1. The molecule has 3 N–H and O–H groups in total. The van der Waals surface area contributed by atoms with E-state index in [1.165, 1.54) is 6.33 Å². The number of nitrogens with one attached hydrogen (secondary N) is 1. The molecule has 2 unspecified atom stereocenters. The van der Waals surface area contributed by atoms with E-state index in [1.54, 1.807) is 43.8 Å². The van der Waals surface area contributed by atoms with Crippen LogP contribution in [-0.2, 0) is 30.6 Å². The summed E-state index contributed by atoms with van der Waals surface area (Å²) in [4.78, 5) is 25.0. The summed E-state index contributed by atoms with van der Waals surface area (Å²) in [6, 6.07) is 8.26. The molecule has 4 rings (SSSR count). The first-order valence-electron chi connectivity index (χ1n) is 11.7. The number of ether oxygens (including phenoxy) is 2. The third-order valence-corrected chi connectivity index (χ3v) is 8.02. The number of terminal acetylenes is 1. The number of carbonyl (C=O) groups excluding carboxylic acids is 1. The molecular weight excluding hydrogens is 515 g/mol. The van der Waals surface area contributed by atoms with Gasteiger partial charge in [0.1, 0.15) is 23.6 Å². The van der Waals surface area contributed by atoms with E-state index in [2.05, 4.69) is 26.0 Å². The van der Waals surface area contributed by atoms with Gasteiger partial charge in [-0.05, 0) is 51.1 Å². The number of anilines is 1. The number of esters is 1. The van der Waals surface area contributed by atoms with E-state index in [1.807, 2.05) is 18.2 Å². The molecule has 13 heteroatoms. The molecule has 1 saturated heterocycles. The molecule has 5 atom stereocenters. The van der Waals surface area contributed by atoms with Gasteiger partial charge in [-0.2, -0.15) is 0 Å². The van der Waals surface area contributed by atoms with Crippen LogP contribution in [0.15, 0.2) is 43.0 Å². The Hall–Kier alpha value is -3.07. The Bertz CT molecular complexity index is 1330. The lowest BCUT2D eigenvalue weighted by Gasteiger charge is -2.27. The number of para-hydroxylation sites is 1. The molecule has 11 nitrogen and oxygen atoms in total. The highest BCUT2D eigenvalue weighted by Gasteiger charge is 2.38. The van der Waals surface area contributed by atoms with Crippen LogP contribution >= 0.6 is 6.64 Å². The average molecular weight is 545 g/mol. The highest BCUT2D eigenvalue weighted by Crippen LogP contribution is 2.47. The highest BCUT2D eigenvalue weighted by molar-refractivity contribution is 8.09. The van der Waals surface area contributed by atoms with E-state index in [-0.39, 0.29) is 24.4 Å². The number of benzene rings is 1. The summed E-state index contributed by atoms with van der Waals surface area (Å²) in [7, 11) is 0. The molecule has 0 spiro atoms. The molecule has 3 aromatic rings. The van der Waals surface area contributed by atoms with Crippen LogP contribution in [0.2, 0.25) is 0 Å². The van der Waals surface area contributed by atoms with Crippen molar-refractivity contribution in [1.29, 1.82) is 0 Å². The SMILES string of the molecule is C#C[C@H]1CC(COP(=S)(N[C@@H](C)C(=O)OC(C)C)Oc2ccccc2)O[C@H]1n1cnc2c(N)ncnc21. The van der Waals surface area contributed by atoms with Gasteiger partial charge in [-0.1, -0.05) is 24.1 Å². The second kappa shape index (κ2) is 11.5. The lowest BCUT2D eigenvalue weighted by atomic mass is 10.0. The molecule has 0 bridgehead atoms. The fourth-order valence-corrected chi connectivity index (χ4v) is 6.27. The smallest absolute Gasteiger partial charge is 0.323 e. The summed E-state index contributed by atoms with van der Waals surface area (Å²) in [6.45, 7) is 2.08. The molecule has 0 radical (unpaired) electrons. The van der Waals surface area contributed by atoms with Crippen LogP contribution in [0.3, 0.4) is 0 Å².